The first-order valence-corrected chi connectivity index (χ1v) is 37.0. The number of benzene rings is 1. The number of aliphatic hydroxyl groups excluding tert-OH is 1. The summed E-state index contributed by atoms with van der Waals surface area (Å²) in [4.78, 5) is 212. The Labute approximate surface area is 642 Å². The summed E-state index contributed by atoms with van der Waals surface area (Å²) in [6.45, 7) is 11.9. The summed E-state index contributed by atoms with van der Waals surface area (Å²) < 4.78 is 0. The number of primary amides is 1. The fourth-order valence-electron chi connectivity index (χ4n) is 11.5. The number of amides is 13. The third-order valence-corrected chi connectivity index (χ3v) is 18.2. The fourth-order valence-corrected chi connectivity index (χ4v) is 11.5. The maximum absolute atomic E-state index is 14.7. The molecular formula is C70H114N22O19. The number of aromatic amines is 1. The molecule has 1 fully saturated rings. The molecule has 41 nitrogen and oxygen atoms in total. The predicted molar refractivity (Wildman–Crippen MR) is 401 cm³/mol. The van der Waals surface area contributed by atoms with Crippen LogP contribution < -0.4 is 97.0 Å². The van der Waals surface area contributed by atoms with Gasteiger partial charge < -0.3 is 122 Å². The molecule has 111 heavy (non-hydrogen) atoms. The van der Waals surface area contributed by atoms with Crippen molar-refractivity contribution < 1.29 is 92.3 Å². The monoisotopic (exact) mass is 1570 g/mol. The van der Waals surface area contributed by atoms with Crippen LogP contribution in [0, 0.1) is 34.5 Å². The molecule has 2 aromatic rings. The minimum absolute atomic E-state index is 0.00948. The Kier molecular flexibility index (Phi) is 40.9. The Morgan fingerprint density at radius 3 is 1.44 bits per heavy atom. The molecule has 1 saturated heterocycles. The first kappa shape index (κ1) is 93.9. The van der Waals surface area contributed by atoms with Crippen molar-refractivity contribution in [2.75, 3.05) is 32.8 Å². The Hall–Kier alpha value is -11.3. The minimum Gasteiger partial charge on any atom is -0.508 e. The van der Waals surface area contributed by atoms with Gasteiger partial charge in [0, 0.05) is 45.0 Å². The van der Waals surface area contributed by atoms with Gasteiger partial charge in [0.05, 0.1) is 31.2 Å². The van der Waals surface area contributed by atoms with Gasteiger partial charge in [-0.05, 0) is 106 Å². The van der Waals surface area contributed by atoms with E-state index in [4.69, 9.17) is 28.0 Å². The van der Waals surface area contributed by atoms with Gasteiger partial charge in [0.2, 0.25) is 76.8 Å². The van der Waals surface area contributed by atoms with E-state index in [1.165, 1.54) is 24.7 Å². The van der Waals surface area contributed by atoms with Gasteiger partial charge in [-0.15, -0.1) is 0 Å². The minimum atomic E-state index is -1.74. The number of carboxylic acid groups (broad SMARTS) is 2. The van der Waals surface area contributed by atoms with E-state index >= 15 is 0 Å². The van der Waals surface area contributed by atoms with Crippen LogP contribution in [0.1, 0.15) is 150 Å². The van der Waals surface area contributed by atoms with E-state index in [-0.39, 0.29) is 88.2 Å². The Morgan fingerprint density at radius 2 is 0.991 bits per heavy atom. The molecule has 1 aliphatic rings. The topological polar surface area (TPSA) is 672 Å². The summed E-state index contributed by atoms with van der Waals surface area (Å²) in [5, 5.41) is 93.5. The average molecular weight is 1570 g/mol. The second-order valence-corrected chi connectivity index (χ2v) is 28.1. The number of phenolic OH excluding ortho intramolecular Hbond substituents is 1. The maximum atomic E-state index is 14.7. The number of carbonyl (C=O) groups excluding carboxylic acids is 13. The Morgan fingerprint density at radius 1 is 0.532 bits per heavy atom. The highest BCUT2D eigenvalue weighted by Crippen LogP contribution is 2.18. The van der Waals surface area contributed by atoms with E-state index in [1.807, 2.05) is 0 Å². The van der Waals surface area contributed by atoms with E-state index in [9.17, 15) is 92.3 Å². The maximum Gasteiger partial charge on any atom is 0.326 e. The molecule has 41 heteroatoms. The molecule has 2 heterocycles. The molecule has 3 rings (SSSR count). The van der Waals surface area contributed by atoms with Crippen molar-refractivity contribution in [1.82, 2.24) is 89.7 Å². The third-order valence-electron chi connectivity index (χ3n) is 18.2. The Bertz CT molecular complexity index is 3490. The molecule has 1 aromatic carbocycles. The van der Waals surface area contributed by atoms with Crippen molar-refractivity contribution in [1.29, 1.82) is 10.8 Å². The number of carboxylic acids is 2. The summed E-state index contributed by atoms with van der Waals surface area (Å²) in [6, 6.07) is -11.5. The van der Waals surface area contributed by atoms with Crippen molar-refractivity contribution >= 4 is 101 Å². The van der Waals surface area contributed by atoms with Crippen LogP contribution in [0.5, 0.6) is 5.75 Å². The highest BCUT2D eigenvalue weighted by atomic mass is 16.4. The summed E-state index contributed by atoms with van der Waals surface area (Å²) in [7, 11) is 0. The largest absolute Gasteiger partial charge is 0.508 e. The van der Waals surface area contributed by atoms with Crippen LogP contribution in [-0.2, 0) is 84.8 Å². The summed E-state index contributed by atoms with van der Waals surface area (Å²) in [5.74, 6) is -18.3. The number of phenols is 1. The number of aromatic nitrogens is 2. The first-order valence-electron chi connectivity index (χ1n) is 37.0. The summed E-state index contributed by atoms with van der Waals surface area (Å²) in [5.41, 5.74) is 17.4. The van der Waals surface area contributed by atoms with Gasteiger partial charge >= 0.3 is 11.9 Å². The standard InChI is InChI=1S/C70H114N22O19/c1-9-37(7)55(67(109)88-47(28-35(3)4)63(105)85-46(22-24-53(97)98)60(102)89-49(68(110)111)30-40-31-76-34-81-40)91-62(104)44(16-13-27-79-70(74)75)83-59(101)45(21-23-51(71)95)86-66(108)56(38(8)10-2)92-65(107)54(36(5)6)90-61(103)43(15-12-26-78-69(72)73)84-64(106)50(33-93)82-52(96)32-80-57(99)48(29-39-17-19-41(94)20-18-39)87-58(100)42-14-11-25-77-42/h17-20,31,34-38,42-50,54-56,77,93-94H,9-16,21-30,32-33H2,1-8H3,(H2,71,95)(H,76,81)(H,80,99)(H,82,96)(H,83,101)(H,84,106)(H,85,105)(H,86,108)(H,87,100)(H,88,109)(H,89,102)(H,90,103)(H,91,104)(H,92,107)(H,97,98)(H,110,111)(H4,72,73,78)(H4,74,75,79)/t37-,38-,42-,43-,44-,45-,46-,47-,48-,49-,50-,54-,55-,56-/m0/s1. The molecule has 0 saturated carbocycles. The lowest BCUT2D eigenvalue weighted by Crippen LogP contribution is -2.62. The second-order valence-electron chi connectivity index (χ2n) is 28.1. The lowest BCUT2D eigenvalue weighted by atomic mass is 9.95. The fraction of sp³-hybridized carbons (Fsp3) is 0.629. The van der Waals surface area contributed by atoms with Crippen LogP contribution in [0.25, 0.3) is 0 Å². The Balaban J connectivity index is 1.90. The van der Waals surface area contributed by atoms with E-state index in [1.54, 1.807) is 67.5 Å². The third kappa shape index (κ3) is 34.5. The van der Waals surface area contributed by atoms with E-state index in [2.05, 4.69) is 89.7 Å². The molecule has 13 amide bonds. The average Bonchev–Trinajstić information content (AvgIpc) is 1.11. The number of hydrogen-bond donors (Lipinski definition) is 25. The number of aromatic hydroxyl groups is 1. The van der Waals surface area contributed by atoms with Gasteiger partial charge in [0.25, 0.3) is 0 Å². The van der Waals surface area contributed by atoms with E-state index in [0.717, 1.165) is 6.42 Å². The molecule has 0 unspecified atom stereocenters. The van der Waals surface area contributed by atoms with Gasteiger partial charge in [-0.25, -0.2) is 9.78 Å². The smallest absolute Gasteiger partial charge is 0.326 e. The van der Waals surface area contributed by atoms with Crippen molar-refractivity contribution in [3.05, 3.63) is 48.0 Å². The molecule has 28 N–H and O–H groups in total. The molecule has 0 spiro atoms. The van der Waals surface area contributed by atoms with E-state index < -0.39 is 230 Å². The van der Waals surface area contributed by atoms with Crippen LogP contribution in [0.4, 0.5) is 0 Å². The highest BCUT2D eigenvalue weighted by molar-refractivity contribution is 6.00. The molecule has 0 radical (unpaired) electrons. The van der Waals surface area contributed by atoms with Gasteiger partial charge in [0.15, 0.2) is 11.9 Å². The molecule has 0 aliphatic carbocycles. The van der Waals surface area contributed by atoms with Crippen molar-refractivity contribution in [2.24, 2.45) is 40.9 Å². The molecule has 0 bridgehead atoms. The summed E-state index contributed by atoms with van der Waals surface area (Å²) in [6.07, 6.45) is 1.50. The first-order chi connectivity index (χ1) is 52.4. The van der Waals surface area contributed by atoms with Gasteiger partial charge in [-0.2, -0.15) is 0 Å². The lowest BCUT2D eigenvalue weighted by molar-refractivity contribution is -0.143. The van der Waals surface area contributed by atoms with Crippen LogP contribution in [-0.4, -0.2) is 236 Å². The van der Waals surface area contributed by atoms with Gasteiger partial charge in [0.1, 0.15) is 72.2 Å². The number of guanidine groups is 2. The number of nitrogens with one attached hydrogen (secondary N) is 18. The molecule has 1 aliphatic heterocycles. The van der Waals surface area contributed by atoms with Crippen molar-refractivity contribution in [2.45, 2.75) is 224 Å². The number of aliphatic carboxylic acids is 2. The zero-order chi connectivity index (χ0) is 83.2. The summed E-state index contributed by atoms with van der Waals surface area (Å²) >= 11 is 0. The molecule has 618 valence electrons. The number of H-pyrrole nitrogens is 1. The zero-order valence-corrected chi connectivity index (χ0v) is 63.9. The van der Waals surface area contributed by atoms with Crippen molar-refractivity contribution in [3.8, 4) is 5.75 Å². The van der Waals surface area contributed by atoms with Crippen LogP contribution >= 0.6 is 0 Å². The van der Waals surface area contributed by atoms with Gasteiger partial charge in [-0.3, -0.25) is 77.9 Å². The highest BCUT2D eigenvalue weighted by Gasteiger charge is 2.39. The number of hydrogen-bond acceptors (Lipinski definition) is 21. The molecule has 14 atom stereocenters. The number of nitrogens with two attached hydrogens (primary N) is 3. The van der Waals surface area contributed by atoms with Crippen LogP contribution in [0.3, 0.4) is 0 Å². The normalized spacial score (nSPS) is 16.0. The lowest BCUT2D eigenvalue weighted by Gasteiger charge is -2.31. The quantitative estimate of drug-likeness (QED) is 0.0167. The van der Waals surface area contributed by atoms with Crippen LogP contribution in [0.2, 0.25) is 0 Å². The van der Waals surface area contributed by atoms with Crippen LogP contribution in [0.15, 0.2) is 36.8 Å². The number of aliphatic hydroxyl groups is 1. The number of rotatable bonds is 51. The number of nitrogens with zero attached hydrogens (tertiary/aromatic N) is 1. The molecular weight excluding hydrogens is 1450 g/mol. The second kappa shape index (κ2) is 48.3. The number of imidazole rings is 1. The SMILES string of the molecule is CC[C@H](C)[C@H](NC(=O)[C@H](CCCNC(=N)N)NC(=O)[C@H](CCC(N)=O)NC(=O)[C@@H](NC(=O)[C@@H](NC(=O)[C@H](CCCNC(=N)N)NC(=O)[C@H](CO)NC(=O)CNC(=O)[C@H](Cc1ccc(O)cc1)NC(=O)[C@@H]1CCCN1)C(C)C)[C@@H](C)CC)C(=O)N[C@@H](CC(C)C)C(=O)N[C@@H](CCC(=O)O)C(=O)N[C@@H](Cc1c[nH]cn1)C(=O)O. The van der Waals surface area contributed by atoms with Gasteiger partial charge in [-0.1, -0.05) is 80.4 Å². The van der Waals surface area contributed by atoms with Crippen molar-refractivity contribution in [3.63, 3.8) is 0 Å². The predicted octanol–water partition coefficient (Wildman–Crippen LogP) is -5.37. The van der Waals surface area contributed by atoms with E-state index in [0.29, 0.717) is 18.5 Å². The number of carbonyl (C=O) groups is 15. The molecule has 1 aromatic heterocycles. The zero-order valence-electron chi connectivity index (χ0n) is 63.9.